The Hall–Kier alpha value is -3.20. The number of aliphatic hydroxyl groups excluding tert-OH is 1. The summed E-state index contributed by atoms with van der Waals surface area (Å²) in [5.74, 6) is -0.397. The topological polar surface area (TPSA) is 94.2 Å². The van der Waals surface area contributed by atoms with Crippen molar-refractivity contribution in [3.63, 3.8) is 0 Å². The number of nitrogens with one attached hydrogen (secondary N) is 1. The fraction of sp³-hybridized carbons (Fsp3) is 0.292. The molecule has 0 radical (unpaired) electrons. The maximum Gasteiger partial charge on any atom is 0.354 e. The molecule has 2 heterocycles. The average Bonchev–Trinajstić information content (AvgIpc) is 3.45. The number of methoxy groups -OCH3 is 1. The first-order chi connectivity index (χ1) is 15.9. The van der Waals surface area contributed by atoms with Crippen molar-refractivity contribution in [1.82, 2.24) is 24.6 Å². The molecule has 9 heteroatoms. The lowest BCUT2D eigenvalue weighted by Crippen LogP contribution is -2.32. The van der Waals surface area contributed by atoms with E-state index in [4.69, 9.17) is 16.3 Å². The molecule has 2 unspecified atom stereocenters. The average molecular weight is 468 g/mol. The number of nitrogens with zero attached hydrogens (tertiary/aromatic N) is 4. The molecule has 4 aromatic rings. The zero-order chi connectivity index (χ0) is 23.4. The number of hydrogen-bond acceptors (Lipinski definition) is 6. The first-order valence-corrected chi connectivity index (χ1v) is 11.0. The Balaban J connectivity index is 1.47. The number of fused-ring (bicyclic) bond motifs is 1. The van der Waals surface area contributed by atoms with Gasteiger partial charge >= 0.3 is 5.97 Å². The lowest BCUT2D eigenvalue weighted by Gasteiger charge is -2.18. The highest BCUT2D eigenvalue weighted by Crippen LogP contribution is 2.23. The Morgan fingerprint density at radius 1 is 1.18 bits per heavy atom. The summed E-state index contributed by atoms with van der Waals surface area (Å²) in [6.45, 7) is 2.90. The number of hydrogen-bond donors (Lipinski definition) is 2. The van der Waals surface area contributed by atoms with Crippen LogP contribution < -0.4 is 5.32 Å². The van der Waals surface area contributed by atoms with Crippen molar-refractivity contribution in [3.05, 3.63) is 83.0 Å². The molecule has 0 amide bonds. The molecule has 4 rings (SSSR count). The Bertz CT molecular complexity index is 1240. The molecule has 2 atom stereocenters. The molecule has 33 heavy (non-hydrogen) atoms. The van der Waals surface area contributed by atoms with Crippen LogP contribution >= 0.6 is 11.6 Å². The standard InChI is InChI=1S/C24H26ClN5O3/c1-16(26-12-23(31)18-4-3-5-20(25)10-18)8-17-6-7-21-19(9-17)11-22(24(32)33-2)30(21)15-29-13-27-28-14-29/h3-7,9-11,13-14,16,23,26,31H,8,12,15H2,1-2H3. The third kappa shape index (κ3) is 5.42. The molecule has 0 aliphatic carbocycles. The minimum absolute atomic E-state index is 0.135. The maximum atomic E-state index is 12.4. The van der Waals surface area contributed by atoms with Crippen molar-refractivity contribution in [2.24, 2.45) is 0 Å². The van der Waals surface area contributed by atoms with Crippen LogP contribution in [0.15, 0.2) is 61.2 Å². The number of carbonyl (C=O) groups is 1. The van der Waals surface area contributed by atoms with E-state index in [0.717, 1.165) is 28.5 Å². The van der Waals surface area contributed by atoms with Gasteiger partial charge < -0.3 is 24.3 Å². The summed E-state index contributed by atoms with van der Waals surface area (Å²) < 4.78 is 8.65. The van der Waals surface area contributed by atoms with Gasteiger partial charge in [0.25, 0.3) is 0 Å². The van der Waals surface area contributed by atoms with Gasteiger partial charge in [0.15, 0.2) is 0 Å². The first-order valence-electron chi connectivity index (χ1n) is 10.6. The number of esters is 1. The van der Waals surface area contributed by atoms with Crippen LogP contribution in [0.4, 0.5) is 0 Å². The van der Waals surface area contributed by atoms with Crippen LogP contribution in [0.1, 0.15) is 34.6 Å². The summed E-state index contributed by atoms with van der Waals surface area (Å²) in [6.07, 6.45) is 3.34. The molecule has 0 saturated heterocycles. The maximum absolute atomic E-state index is 12.4. The third-order valence-electron chi connectivity index (χ3n) is 5.57. The monoisotopic (exact) mass is 467 g/mol. The molecule has 172 valence electrons. The molecule has 2 aromatic carbocycles. The predicted octanol–water partition coefficient (Wildman–Crippen LogP) is 3.43. The zero-order valence-corrected chi connectivity index (χ0v) is 19.2. The van der Waals surface area contributed by atoms with Crippen molar-refractivity contribution in [2.75, 3.05) is 13.7 Å². The Morgan fingerprint density at radius 2 is 1.97 bits per heavy atom. The van der Waals surface area contributed by atoms with Crippen LogP contribution in [0, 0.1) is 0 Å². The van der Waals surface area contributed by atoms with Gasteiger partial charge in [-0.1, -0.05) is 29.8 Å². The fourth-order valence-corrected chi connectivity index (χ4v) is 4.10. The van der Waals surface area contributed by atoms with Gasteiger partial charge in [0.05, 0.1) is 18.7 Å². The molecule has 0 bridgehead atoms. The highest BCUT2D eigenvalue weighted by atomic mass is 35.5. The number of halogens is 1. The van der Waals surface area contributed by atoms with Gasteiger partial charge in [-0.2, -0.15) is 0 Å². The van der Waals surface area contributed by atoms with Crippen molar-refractivity contribution in [2.45, 2.75) is 32.2 Å². The molecule has 2 N–H and O–H groups in total. The molecule has 0 aliphatic heterocycles. The number of benzene rings is 2. The van der Waals surface area contributed by atoms with Crippen LogP contribution in [0.5, 0.6) is 0 Å². The van der Waals surface area contributed by atoms with E-state index in [1.54, 1.807) is 29.4 Å². The number of carbonyl (C=O) groups excluding carboxylic acids is 1. The van der Waals surface area contributed by atoms with E-state index in [-0.39, 0.29) is 6.04 Å². The number of rotatable bonds is 9. The van der Waals surface area contributed by atoms with E-state index in [0.29, 0.717) is 23.9 Å². The van der Waals surface area contributed by atoms with E-state index in [1.165, 1.54) is 7.11 Å². The van der Waals surface area contributed by atoms with E-state index in [1.807, 2.05) is 28.8 Å². The fourth-order valence-electron chi connectivity index (χ4n) is 3.90. The lowest BCUT2D eigenvalue weighted by molar-refractivity contribution is 0.0588. The molecular formula is C24H26ClN5O3. The van der Waals surface area contributed by atoms with E-state index >= 15 is 0 Å². The van der Waals surface area contributed by atoms with Crippen LogP contribution in [0.2, 0.25) is 5.02 Å². The zero-order valence-electron chi connectivity index (χ0n) is 18.5. The van der Waals surface area contributed by atoms with Gasteiger partial charge in [-0.25, -0.2) is 4.79 Å². The van der Waals surface area contributed by atoms with Crippen LogP contribution in [-0.2, 0) is 17.8 Å². The highest BCUT2D eigenvalue weighted by molar-refractivity contribution is 6.30. The first kappa shape index (κ1) is 23.0. The lowest BCUT2D eigenvalue weighted by atomic mass is 10.0. The van der Waals surface area contributed by atoms with Gasteiger partial charge in [0.1, 0.15) is 25.0 Å². The molecule has 0 saturated carbocycles. The summed E-state index contributed by atoms with van der Waals surface area (Å²) in [5, 5.41) is 23.0. The number of aromatic nitrogens is 4. The van der Waals surface area contributed by atoms with Crippen molar-refractivity contribution in [3.8, 4) is 0 Å². The minimum Gasteiger partial charge on any atom is -0.464 e. The normalized spacial score (nSPS) is 13.2. The second kappa shape index (κ2) is 10.2. The largest absolute Gasteiger partial charge is 0.464 e. The summed E-state index contributed by atoms with van der Waals surface area (Å²) >= 11 is 6.02. The van der Waals surface area contributed by atoms with Gasteiger partial charge in [0, 0.05) is 23.0 Å². The predicted molar refractivity (Wildman–Crippen MR) is 126 cm³/mol. The van der Waals surface area contributed by atoms with Gasteiger partial charge in [-0.05, 0) is 54.8 Å². The van der Waals surface area contributed by atoms with E-state index in [2.05, 4.69) is 34.6 Å². The molecule has 0 spiro atoms. The second-order valence-corrected chi connectivity index (χ2v) is 8.48. The quantitative estimate of drug-likeness (QED) is 0.366. The van der Waals surface area contributed by atoms with Crippen molar-refractivity contribution < 1.29 is 14.6 Å². The Kier molecular flexibility index (Phi) is 7.08. The Labute approximate surface area is 196 Å². The minimum atomic E-state index is -0.636. The van der Waals surface area contributed by atoms with Crippen LogP contribution in [-0.4, -0.2) is 50.1 Å². The van der Waals surface area contributed by atoms with Crippen LogP contribution in [0.3, 0.4) is 0 Å². The summed E-state index contributed by atoms with van der Waals surface area (Å²) in [5.41, 5.74) is 3.30. The van der Waals surface area contributed by atoms with Gasteiger partial charge in [-0.3, -0.25) is 0 Å². The molecule has 0 fully saturated rings. The smallest absolute Gasteiger partial charge is 0.354 e. The summed E-state index contributed by atoms with van der Waals surface area (Å²) in [4.78, 5) is 12.4. The molecule has 2 aromatic heterocycles. The number of ether oxygens (including phenoxy) is 1. The van der Waals surface area contributed by atoms with Crippen molar-refractivity contribution >= 4 is 28.5 Å². The SMILES string of the molecule is COC(=O)c1cc2cc(CC(C)NCC(O)c3cccc(Cl)c3)ccc2n1Cn1cnnc1. The van der Waals surface area contributed by atoms with Gasteiger partial charge in [-0.15, -0.1) is 10.2 Å². The molecule has 0 aliphatic rings. The highest BCUT2D eigenvalue weighted by Gasteiger charge is 2.17. The third-order valence-corrected chi connectivity index (χ3v) is 5.80. The van der Waals surface area contributed by atoms with E-state index < -0.39 is 12.1 Å². The molecule has 8 nitrogen and oxygen atoms in total. The number of aliphatic hydroxyl groups is 1. The van der Waals surface area contributed by atoms with Gasteiger partial charge in [0.2, 0.25) is 0 Å². The second-order valence-electron chi connectivity index (χ2n) is 8.04. The summed E-state index contributed by atoms with van der Waals surface area (Å²) in [7, 11) is 1.37. The molecular weight excluding hydrogens is 442 g/mol. The van der Waals surface area contributed by atoms with Crippen molar-refractivity contribution in [1.29, 1.82) is 0 Å². The van der Waals surface area contributed by atoms with E-state index in [9.17, 15) is 9.90 Å². The Morgan fingerprint density at radius 3 is 2.70 bits per heavy atom. The van der Waals surface area contributed by atoms with Crippen LogP contribution in [0.25, 0.3) is 10.9 Å². The summed E-state index contributed by atoms with van der Waals surface area (Å²) in [6, 6.07) is 15.4.